The fraction of sp³-hybridized carbons (Fsp3) is 0.250. The van der Waals surface area contributed by atoms with Crippen molar-refractivity contribution in [2.24, 2.45) is 0 Å². The van der Waals surface area contributed by atoms with Crippen LogP contribution >= 0.6 is 0 Å². The molecule has 0 saturated heterocycles. The Morgan fingerprint density at radius 3 is 2.71 bits per heavy atom. The van der Waals surface area contributed by atoms with Gasteiger partial charge in [0.25, 0.3) is 0 Å². The van der Waals surface area contributed by atoms with E-state index in [-0.39, 0.29) is 11.7 Å². The van der Waals surface area contributed by atoms with Gasteiger partial charge >= 0.3 is 0 Å². The number of rotatable bonds is 2. The van der Waals surface area contributed by atoms with Crippen molar-refractivity contribution in [2.75, 3.05) is 13.8 Å². The monoisotopic (exact) mass is 215 g/mol. The third-order valence-electron chi connectivity index (χ3n) is 1.92. The van der Waals surface area contributed by atoms with Gasteiger partial charge in [-0.25, -0.2) is 13.1 Å². The van der Waals surface area contributed by atoms with Crippen LogP contribution in [0.5, 0.6) is 11.5 Å². The van der Waals surface area contributed by atoms with E-state index < -0.39 is 10.0 Å². The topological polar surface area (TPSA) is 64.6 Å². The maximum absolute atomic E-state index is 11.4. The molecular formula is C8H9NO4S. The summed E-state index contributed by atoms with van der Waals surface area (Å²) < 4.78 is 35.1. The van der Waals surface area contributed by atoms with E-state index in [0.717, 1.165) is 0 Å². The van der Waals surface area contributed by atoms with Gasteiger partial charge in [0.1, 0.15) is 0 Å². The Morgan fingerprint density at radius 1 is 1.29 bits per heavy atom. The summed E-state index contributed by atoms with van der Waals surface area (Å²) in [5.41, 5.74) is 0. The summed E-state index contributed by atoms with van der Waals surface area (Å²) in [6.45, 7) is 0.137. The molecule has 0 atom stereocenters. The second kappa shape index (κ2) is 3.14. The van der Waals surface area contributed by atoms with Crippen LogP contribution < -0.4 is 14.2 Å². The number of fused-ring (bicyclic) bond motifs is 1. The molecule has 1 aliphatic heterocycles. The third kappa shape index (κ3) is 1.42. The molecule has 1 heterocycles. The third-order valence-corrected chi connectivity index (χ3v) is 3.34. The van der Waals surface area contributed by atoms with E-state index >= 15 is 0 Å². The first kappa shape index (κ1) is 9.29. The van der Waals surface area contributed by atoms with E-state index in [9.17, 15) is 8.42 Å². The quantitative estimate of drug-likeness (QED) is 0.771. The van der Waals surface area contributed by atoms with Crippen molar-refractivity contribution in [3.05, 3.63) is 18.2 Å². The molecule has 14 heavy (non-hydrogen) atoms. The van der Waals surface area contributed by atoms with Gasteiger partial charge in [0.15, 0.2) is 11.5 Å². The largest absolute Gasteiger partial charge is 0.454 e. The van der Waals surface area contributed by atoms with E-state index in [2.05, 4.69) is 4.72 Å². The van der Waals surface area contributed by atoms with E-state index in [1.807, 2.05) is 0 Å². The van der Waals surface area contributed by atoms with Crippen molar-refractivity contribution < 1.29 is 17.9 Å². The van der Waals surface area contributed by atoms with Gasteiger partial charge in [0, 0.05) is 6.07 Å². The van der Waals surface area contributed by atoms with Gasteiger partial charge in [0.2, 0.25) is 16.8 Å². The SMILES string of the molecule is CNS(=O)(=O)c1ccc2c(c1)OCO2. The summed E-state index contributed by atoms with van der Waals surface area (Å²) in [6.07, 6.45) is 0. The number of nitrogens with one attached hydrogen (secondary N) is 1. The van der Waals surface area contributed by atoms with Crippen molar-refractivity contribution in [3.63, 3.8) is 0 Å². The summed E-state index contributed by atoms with van der Waals surface area (Å²) in [6, 6.07) is 4.49. The Bertz CT molecular complexity index is 454. The molecule has 1 aromatic carbocycles. The molecule has 6 heteroatoms. The van der Waals surface area contributed by atoms with Crippen LogP contribution in [0.2, 0.25) is 0 Å². The molecule has 5 nitrogen and oxygen atoms in total. The lowest BCUT2D eigenvalue weighted by molar-refractivity contribution is 0.174. The molecular weight excluding hydrogens is 206 g/mol. The van der Waals surface area contributed by atoms with Gasteiger partial charge in [-0.1, -0.05) is 0 Å². The molecule has 2 rings (SSSR count). The van der Waals surface area contributed by atoms with Crippen LogP contribution in [-0.4, -0.2) is 22.3 Å². The highest BCUT2D eigenvalue weighted by molar-refractivity contribution is 7.89. The molecule has 1 N–H and O–H groups in total. The summed E-state index contributed by atoms with van der Waals surface area (Å²) >= 11 is 0. The van der Waals surface area contributed by atoms with Gasteiger partial charge in [-0.15, -0.1) is 0 Å². The molecule has 1 aromatic rings. The predicted molar refractivity (Wildman–Crippen MR) is 48.8 cm³/mol. The second-order valence-electron chi connectivity index (χ2n) is 2.72. The van der Waals surface area contributed by atoms with Gasteiger partial charge in [-0.3, -0.25) is 0 Å². The van der Waals surface area contributed by atoms with Crippen molar-refractivity contribution in [2.45, 2.75) is 4.90 Å². The van der Waals surface area contributed by atoms with E-state index in [1.165, 1.54) is 19.2 Å². The zero-order valence-corrected chi connectivity index (χ0v) is 8.30. The van der Waals surface area contributed by atoms with Crippen LogP contribution in [0, 0.1) is 0 Å². The first-order valence-electron chi connectivity index (χ1n) is 3.97. The summed E-state index contributed by atoms with van der Waals surface area (Å²) in [5.74, 6) is 1.03. The number of hydrogen-bond donors (Lipinski definition) is 1. The molecule has 0 radical (unpaired) electrons. The lowest BCUT2D eigenvalue weighted by atomic mass is 10.3. The summed E-state index contributed by atoms with van der Waals surface area (Å²) in [7, 11) is -2.04. The molecule has 0 amide bonds. The van der Waals surface area contributed by atoms with Crippen molar-refractivity contribution in [3.8, 4) is 11.5 Å². The molecule has 0 aliphatic carbocycles. The fourth-order valence-corrected chi connectivity index (χ4v) is 1.91. The Morgan fingerprint density at radius 2 is 2.00 bits per heavy atom. The highest BCUT2D eigenvalue weighted by Gasteiger charge is 2.18. The minimum Gasteiger partial charge on any atom is -0.454 e. The first-order valence-corrected chi connectivity index (χ1v) is 5.45. The highest BCUT2D eigenvalue weighted by atomic mass is 32.2. The number of benzene rings is 1. The lowest BCUT2D eigenvalue weighted by Gasteiger charge is -2.02. The maximum atomic E-state index is 11.4. The van der Waals surface area contributed by atoms with Crippen molar-refractivity contribution in [1.29, 1.82) is 0 Å². The molecule has 0 spiro atoms. The molecule has 0 unspecified atom stereocenters. The smallest absolute Gasteiger partial charge is 0.240 e. The molecule has 0 fully saturated rings. The molecule has 1 aliphatic rings. The number of sulfonamides is 1. The van der Waals surface area contributed by atoms with Crippen LogP contribution in [0.25, 0.3) is 0 Å². The Kier molecular flexibility index (Phi) is 2.09. The number of hydrogen-bond acceptors (Lipinski definition) is 4. The second-order valence-corrected chi connectivity index (χ2v) is 4.61. The van der Waals surface area contributed by atoms with E-state index in [0.29, 0.717) is 11.5 Å². The minimum absolute atomic E-state index is 0.137. The van der Waals surface area contributed by atoms with Crippen molar-refractivity contribution >= 4 is 10.0 Å². The maximum Gasteiger partial charge on any atom is 0.240 e. The van der Waals surface area contributed by atoms with E-state index in [1.54, 1.807) is 6.07 Å². The van der Waals surface area contributed by atoms with Gasteiger partial charge in [0.05, 0.1) is 4.90 Å². The van der Waals surface area contributed by atoms with Gasteiger partial charge < -0.3 is 9.47 Å². The minimum atomic E-state index is -3.41. The number of ether oxygens (including phenoxy) is 2. The summed E-state index contributed by atoms with van der Waals surface area (Å²) in [4.78, 5) is 0.171. The zero-order chi connectivity index (χ0) is 10.2. The van der Waals surface area contributed by atoms with Crippen LogP contribution in [0.3, 0.4) is 0 Å². The molecule has 0 saturated carbocycles. The molecule has 0 bridgehead atoms. The van der Waals surface area contributed by atoms with Crippen LogP contribution in [-0.2, 0) is 10.0 Å². The van der Waals surface area contributed by atoms with Gasteiger partial charge in [-0.05, 0) is 19.2 Å². The fourth-order valence-electron chi connectivity index (χ4n) is 1.16. The van der Waals surface area contributed by atoms with Crippen LogP contribution in [0.4, 0.5) is 0 Å². The van der Waals surface area contributed by atoms with Crippen molar-refractivity contribution in [1.82, 2.24) is 4.72 Å². The summed E-state index contributed by atoms with van der Waals surface area (Å²) in [5, 5.41) is 0. The normalized spacial score (nSPS) is 14.4. The first-order chi connectivity index (χ1) is 6.63. The molecule has 0 aromatic heterocycles. The Hall–Kier alpha value is -1.27. The Labute approximate surface area is 81.7 Å². The average molecular weight is 215 g/mol. The van der Waals surface area contributed by atoms with E-state index in [4.69, 9.17) is 9.47 Å². The Balaban J connectivity index is 2.48. The lowest BCUT2D eigenvalue weighted by Crippen LogP contribution is -2.18. The predicted octanol–water partition coefficient (Wildman–Crippen LogP) is 0.323. The highest BCUT2D eigenvalue weighted by Crippen LogP contribution is 2.33. The van der Waals surface area contributed by atoms with Crippen LogP contribution in [0.1, 0.15) is 0 Å². The molecule has 76 valence electrons. The van der Waals surface area contributed by atoms with Crippen LogP contribution in [0.15, 0.2) is 23.1 Å². The zero-order valence-electron chi connectivity index (χ0n) is 7.48. The van der Waals surface area contributed by atoms with Gasteiger partial charge in [-0.2, -0.15) is 0 Å². The average Bonchev–Trinajstić information content (AvgIpc) is 2.64. The standard InChI is InChI=1S/C8H9NO4S/c1-9-14(10,11)6-2-3-7-8(4-6)13-5-12-7/h2-4,9H,5H2,1H3.